The molecule has 2 rings (SSSR count). The minimum Gasteiger partial charge on any atom is -0.373 e. The summed E-state index contributed by atoms with van der Waals surface area (Å²) < 4.78 is 13.1. The Kier molecular flexibility index (Phi) is 4.06. The smallest absolute Gasteiger partial charge is 0.252 e. The molecular weight excluding hydrogens is 259 g/mol. The van der Waals surface area contributed by atoms with Crippen LogP contribution in [0.1, 0.15) is 32.3 Å². The Morgan fingerprint density at radius 2 is 2.15 bits per heavy atom. The van der Waals surface area contributed by atoms with Crippen LogP contribution in [-0.2, 0) is 9.59 Å². The van der Waals surface area contributed by atoms with E-state index in [0.717, 1.165) is 6.42 Å². The van der Waals surface area contributed by atoms with Crippen LogP contribution in [-0.4, -0.2) is 28.8 Å². The van der Waals surface area contributed by atoms with Gasteiger partial charge in [0, 0.05) is 11.7 Å². The Morgan fingerprint density at radius 1 is 1.45 bits per heavy atom. The van der Waals surface area contributed by atoms with Gasteiger partial charge in [-0.05, 0) is 44.0 Å². The standard InChI is InChI=1S/C15H19FN2O2/c1-4-10(3)18-14(19)8-13(15(18)20)17-12-6-5-11(16)7-9(12)2/h5-7,10,13,17H,4,8H2,1-3H3. The van der Waals surface area contributed by atoms with Gasteiger partial charge in [0.2, 0.25) is 5.91 Å². The first-order valence-electron chi connectivity index (χ1n) is 6.82. The fraction of sp³-hybridized carbons (Fsp3) is 0.467. The van der Waals surface area contributed by atoms with Crippen LogP contribution < -0.4 is 5.32 Å². The van der Waals surface area contributed by atoms with E-state index < -0.39 is 6.04 Å². The van der Waals surface area contributed by atoms with Gasteiger partial charge in [-0.25, -0.2) is 4.39 Å². The van der Waals surface area contributed by atoms with E-state index in [1.807, 2.05) is 13.8 Å². The number of nitrogens with one attached hydrogen (secondary N) is 1. The Hall–Kier alpha value is -1.91. The van der Waals surface area contributed by atoms with E-state index in [-0.39, 0.29) is 30.1 Å². The predicted octanol–water partition coefficient (Wildman–Crippen LogP) is 2.47. The quantitative estimate of drug-likeness (QED) is 0.861. The molecule has 0 saturated carbocycles. The molecule has 1 fully saturated rings. The highest BCUT2D eigenvalue weighted by atomic mass is 19.1. The van der Waals surface area contributed by atoms with Crippen LogP contribution in [0, 0.1) is 12.7 Å². The highest BCUT2D eigenvalue weighted by Gasteiger charge is 2.40. The Labute approximate surface area is 118 Å². The van der Waals surface area contributed by atoms with Crippen molar-refractivity contribution in [2.45, 2.75) is 45.7 Å². The molecule has 1 aromatic carbocycles. The third-order valence-electron chi connectivity index (χ3n) is 3.73. The summed E-state index contributed by atoms with van der Waals surface area (Å²) >= 11 is 0. The number of amides is 2. The van der Waals surface area contributed by atoms with Crippen molar-refractivity contribution in [3.05, 3.63) is 29.6 Å². The minimum atomic E-state index is -0.555. The average molecular weight is 278 g/mol. The largest absolute Gasteiger partial charge is 0.373 e. The highest BCUT2D eigenvalue weighted by Crippen LogP contribution is 2.23. The number of nitrogens with zero attached hydrogens (tertiary/aromatic N) is 1. The molecule has 1 aliphatic rings. The number of carbonyl (C=O) groups excluding carboxylic acids is 2. The molecule has 4 nitrogen and oxygen atoms in total. The number of halogens is 1. The van der Waals surface area contributed by atoms with Crippen molar-refractivity contribution >= 4 is 17.5 Å². The third-order valence-corrected chi connectivity index (χ3v) is 3.73. The molecule has 5 heteroatoms. The summed E-state index contributed by atoms with van der Waals surface area (Å²) in [6.45, 7) is 5.57. The zero-order chi connectivity index (χ0) is 14.9. The van der Waals surface area contributed by atoms with E-state index in [9.17, 15) is 14.0 Å². The molecule has 20 heavy (non-hydrogen) atoms. The number of aryl methyl sites for hydroxylation is 1. The monoisotopic (exact) mass is 278 g/mol. The summed E-state index contributed by atoms with van der Waals surface area (Å²) in [6, 6.07) is 3.68. The van der Waals surface area contributed by atoms with Crippen molar-refractivity contribution in [2.24, 2.45) is 0 Å². The molecule has 2 amide bonds. The fourth-order valence-electron chi connectivity index (χ4n) is 2.39. The van der Waals surface area contributed by atoms with Crippen molar-refractivity contribution in [2.75, 3.05) is 5.32 Å². The lowest BCUT2D eigenvalue weighted by Crippen LogP contribution is -2.40. The van der Waals surface area contributed by atoms with Crippen LogP contribution in [0.25, 0.3) is 0 Å². The first-order chi connectivity index (χ1) is 9.43. The zero-order valence-electron chi connectivity index (χ0n) is 11.9. The van der Waals surface area contributed by atoms with Crippen molar-refractivity contribution < 1.29 is 14.0 Å². The molecule has 0 bridgehead atoms. The average Bonchev–Trinajstić information content (AvgIpc) is 2.67. The van der Waals surface area contributed by atoms with E-state index in [0.29, 0.717) is 11.3 Å². The molecule has 0 spiro atoms. The van der Waals surface area contributed by atoms with Crippen LogP contribution in [0.4, 0.5) is 10.1 Å². The Morgan fingerprint density at radius 3 is 2.75 bits per heavy atom. The van der Waals surface area contributed by atoms with Crippen molar-refractivity contribution in [3.63, 3.8) is 0 Å². The van der Waals surface area contributed by atoms with E-state index >= 15 is 0 Å². The lowest BCUT2D eigenvalue weighted by molar-refractivity contribution is -0.140. The van der Waals surface area contributed by atoms with Crippen LogP contribution >= 0.6 is 0 Å². The summed E-state index contributed by atoms with van der Waals surface area (Å²) in [5.74, 6) is -0.669. The van der Waals surface area contributed by atoms with Crippen LogP contribution in [0.3, 0.4) is 0 Å². The molecule has 0 aromatic heterocycles. The molecule has 1 aromatic rings. The normalized spacial score (nSPS) is 20.4. The second-order valence-electron chi connectivity index (χ2n) is 5.22. The molecule has 0 radical (unpaired) electrons. The Balaban J connectivity index is 2.15. The molecule has 2 unspecified atom stereocenters. The van der Waals surface area contributed by atoms with Gasteiger partial charge in [0.15, 0.2) is 0 Å². The molecule has 1 N–H and O–H groups in total. The SMILES string of the molecule is CCC(C)N1C(=O)CC(Nc2ccc(F)cc2C)C1=O. The number of anilines is 1. The first-order valence-corrected chi connectivity index (χ1v) is 6.82. The summed E-state index contributed by atoms with van der Waals surface area (Å²) in [5, 5.41) is 3.05. The summed E-state index contributed by atoms with van der Waals surface area (Å²) in [6.07, 6.45) is 0.889. The number of imide groups is 1. The summed E-state index contributed by atoms with van der Waals surface area (Å²) in [5.41, 5.74) is 1.40. The number of likely N-dealkylation sites (tertiary alicyclic amines) is 1. The maximum Gasteiger partial charge on any atom is 0.252 e. The van der Waals surface area contributed by atoms with E-state index in [2.05, 4.69) is 5.32 Å². The van der Waals surface area contributed by atoms with Gasteiger partial charge in [0.05, 0.1) is 6.42 Å². The number of hydrogen-bond acceptors (Lipinski definition) is 3. The van der Waals surface area contributed by atoms with Gasteiger partial charge in [0.1, 0.15) is 11.9 Å². The van der Waals surface area contributed by atoms with Crippen LogP contribution in [0.15, 0.2) is 18.2 Å². The molecule has 2 atom stereocenters. The lowest BCUT2D eigenvalue weighted by Gasteiger charge is -2.22. The first kappa shape index (κ1) is 14.5. The van der Waals surface area contributed by atoms with Crippen LogP contribution in [0.2, 0.25) is 0 Å². The molecular formula is C15H19FN2O2. The number of benzene rings is 1. The Bertz CT molecular complexity index is 545. The predicted molar refractivity (Wildman–Crippen MR) is 74.8 cm³/mol. The number of rotatable bonds is 4. The number of hydrogen-bond donors (Lipinski definition) is 1. The summed E-state index contributed by atoms with van der Waals surface area (Å²) in [7, 11) is 0. The zero-order valence-corrected chi connectivity index (χ0v) is 11.9. The van der Waals surface area contributed by atoms with Crippen LogP contribution in [0.5, 0.6) is 0 Å². The van der Waals surface area contributed by atoms with Gasteiger partial charge in [-0.1, -0.05) is 6.92 Å². The van der Waals surface area contributed by atoms with E-state index in [1.165, 1.54) is 17.0 Å². The van der Waals surface area contributed by atoms with Crippen molar-refractivity contribution in [3.8, 4) is 0 Å². The van der Waals surface area contributed by atoms with Gasteiger partial charge in [-0.2, -0.15) is 0 Å². The van der Waals surface area contributed by atoms with Gasteiger partial charge in [-0.3, -0.25) is 14.5 Å². The lowest BCUT2D eigenvalue weighted by atomic mass is 10.1. The molecule has 1 saturated heterocycles. The molecule has 0 aliphatic carbocycles. The topological polar surface area (TPSA) is 49.4 Å². The summed E-state index contributed by atoms with van der Waals surface area (Å²) in [4.78, 5) is 25.5. The van der Waals surface area contributed by atoms with Gasteiger partial charge < -0.3 is 5.32 Å². The fourth-order valence-corrected chi connectivity index (χ4v) is 2.39. The maximum atomic E-state index is 13.1. The molecule has 1 heterocycles. The highest BCUT2D eigenvalue weighted by molar-refractivity contribution is 6.07. The third kappa shape index (κ3) is 2.66. The van der Waals surface area contributed by atoms with Gasteiger partial charge in [-0.15, -0.1) is 0 Å². The molecule has 1 aliphatic heterocycles. The second-order valence-corrected chi connectivity index (χ2v) is 5.22. The van der Waals surface area contributed by atoms with E-state index in [4.69, 9.17) is 0 Å². The maximum absolute atomic E-state index is 13.1. The van der Waals surface area contributed by atoms with E-state index in [1.54, 1.807) is 13.0 Å². The van der Waals surface area contributed by atoms with Crippen molar-refractivity contribution in [1.82, 2.24) is 4.90 Å². The second kappa shape index (κ2) is 5.61. The van der Waals surface area contributed by atoms with Gasteiger partial charge >= 0.3 is 0 Å². The molecule has 108 valence electrons. The minimum absolute atomic E-state index is 0.0869. The van der Waals surface area contributed by atoms with Gasteiger partial charge in [0.25, 0.3) is 5.91 Å². The van der Waals surface area contributed by atoms with Crippen molar-refractivity contribution in [1.29, 1.82) is 0 Å². The number of carbonyl (C=O) groups is 2.